The number of nitrogens with zero attached hydrogens (tertiary/aromatic N) is 3. The lowest BCUT2D eigenvalue weighted by Gasteiger charge is -2.26. The number of likely N-dealkylation sites (N-methyl/N-ethyl adjacent to an activating group) is 1. The maximum absolute atomic E-state index is 4.51. The Hall–Kier alpha value is -2.36. The quantitative estimate of drug-likeness (QED) is 0.850. The van der Waals surface area contributed by atoms with E-state index in [1.807, 2.05) is 0 Å². The molecule has 1 atom stereocenters. The van der Waals surface area contributed by atoms with Crippen molar-refractivity contribution >= 4 is 12.4 Å². The minimum absolute atomic E-state index is 0.0458. The zero-order valence-corrected chi connectivity index (χ0v) is 13.4. The van der Waals surface area contributed by atoms with E-state index in [0.29, 0.717) is 0 Å². The highest BCUT2D eigenvalue weighted by Crippen LogP contribution is 2.27. The lowest BCUT2D eigenvalue weighted by atomic mass is 9.98. The Morgan fingerprint density at radius 3 is 2.91 bits per heavy atom. The molecule has 4 heteroatoms. The number of hydrogen-bond acceptors (Lipinski definition) is 4. The summed E-state index contributed by atoms with van der Waals surface area (Å²) < 4.78 is 0. The zero-order valence-electron chi connectivity index (χ0n) is 13.4. The van der Waals surface area contributed by atoms with Crippen LogP contribution < -0.4 is 5.32 Å². The van der Waals surface area contributed by atoms with E-state index in [9.17, 15) is 0 Å². The van der Waals surface area contributed by atoms with Gasteiger partial charge >= 0.3 is 0 Å². The van der Waals surface area contributed by atoms with E-state index < -0.39 is 0 Å². The van der Waals surface area contributed by atoms with Crippen LogP contribution in [0.1, 0.15) is 19.8 Å². The Morgan fingerprint density at radius 1 is 1.23 bits per heavy atom. The van der Waals surface area contributed by atoms with Crippen molar-refractivity contribution in [1.82, 2.24) is 10.2 Å². The maximum Gasteiger partial charge on any atom is 0.114 e. The molecular weight excluding hydrogens is 272 g/mol. The fourth-order valence-electron chi connectivity index (χ4n) is 2.82. The van der Waals surface area contributed by atoms with Gasteiger partial charge in [0.05, 0.1) is 5.70 Å². The molecule has 0 aromatic rings. The molecule has 0 saturated carbocycles. The van der Waals surface area contributed by atoms with Crippen LogP contribution in [0.2, 0.25) is 0 Å². The smallest absolute Gasteiger partial charge is 0.114 e. The van der Waals surface area contributed by atoms with E-state index >= 15 is 0 Å². The number of nitrogens with one attached hydrogen (secondary N) is 1. The van der Waals surface area contributed by atoms with Crippen molar-refractivity contribution in [3.63, 3.8) is 0 Å². The molecule has 22 heavy (non-hydrogen) atoms. The van der Waals surface area contributed by atoms with Crippen LogP contribution in [-0.4, -0.2) is 37.5 Å². The molecule has 0 bridgehead atoms. The van der Waals surface area contributed by atoms with Crippen LogP contribution in [0, 0.1) is 0 Å². The van der Waals surface area contributed by atoms with E-state index in [-0.39, 0.29) is 6.04 Å². The van der Waals surface area contributed by atoms with Crippen LogP contribution in [0.3, 0.4) is 0 Å². The van der Waals surface area contributed by atoms with Crippen LogP contribution in [0.25, 0.3) is 0 Å². The number of fused-ring (bicyclic) bond motifs is 1. The molecule has 0 radical (unpaired) electrons. The maximum atomic E-state index is 4.51. The predicted octanol–water partition coefficient (Wildman–Crippen LogP) is 2.95. The number of hydrogen-bond donors (Lipinski definition) is 1. The summed E-state index contributed by atoms with van der Waals surface area (Å²) in [6.07, 6.45) is 16.5. The lowest BCUT2D eigenvalue weighted by molar-refractivity contribution is 0.527. The Kier molecular flexibility index (Phi) is 4.09. The van der Waals surface area contributed by atoms with Crippen molar-refractivity contribution in [2.75, 3.05) is 14.1 Å². The van der Waals surface area contributed by atoms with Crippen molar-refractivity contribution in [2.24, 2.45) is 9.98 Å². The van der Waals surface area contributed by atoms with E-state index in [2.05, 4.69) is 71.6 Å². The van der Waals surface area contributed by atoms with Gasteiger partial charge in [0.25, 0.3) is 0 Å². The third kappa shape index (κ3) is 2.96. The van der Waals surface area contributed by atoms with Crippen molar-refractivity contribution in [3.8, 4) is 0 Å². The normalized spacial score (nSPS) is 30.0. The van der Waals surface area contributed by atoms with E-state index in [1.54, 1.807) is 12.4 Å². The minimum atomic E-state index is 0.0458. The van der Waals surface area contributed by atoms with Gasteiger partial charge in [0.15, 0.2) is 0 Å². The molecule has 3 rings (SSSR count). The third-order valence-electron chi connectivity index (χ3n) is 4.02. The first-order valence-corrected chi connectivity index (χ1v) is 7.64. The van der Waals surface area contributed by atoms with E-state index in [1.165, 1.54) is 11.3 Å². The van der Waals surface area contributed by atoms with Gasteiger partial charge in [0, 0.05) is 43.6 Å². The number of allylic oxidation sites excluding steroid dienone is 6. The van der Waals surface area contributed by atoms with Gasteiger partial charge in [-0.2, -0.15) is 0 Å². The van der Waals surface area contributed by atoms with E-state index in [0.717, 1.165) is 29.9 Å². The summed E-state index contributed by atoms with van der Waals surface area (Å²) in [7, 11) is 4.15. The van der Waals surface area contributed by atoms with Crippen LogP contribution in [0.15, 0.2) is 68.7 Å². The molecule has 2 aliphatic heterocycles. The first-order valence-electron chi connectivity index (χ1n) is 7.64. The van der Waals surface area contributed by atoms with Gasteiger partial charge in [-0.15, -0.1) is 0 Å². The topological polar surface area (TPSA) is 40.0 Å². The highest BCUT2D eigenvalue weighted by molar-refractivity contribution is 6.17. The molecular formula is C18H22N4. The van der Waals surface area contributed by atoms with Gasteiger partial charge in [0.2, 0.25) is 0 Å². The third-order valence-corrected chi connectivity index (χ3v) is 4.02. The molecule has 0 amide bonds. The fraction of sp³-hybridized carbons (Fsp3) is 0.333. The van der Waals surface area contributed by atoms with Gasteiger partial charge in [-0.25, -0.2) is 0 Å². The summed E-state index contributed by atoms with van der Waals surface area (Å²) in [5.41, 5.74) is 5.83. The molecule has 4 nitrogen and oxygen atoms in total. The lowest BCUT2D eigenvalue weighted by Crippen LogP contribution is -2.26. The molecule has 1 unspecified atom stereocenters. The highest BCUT2D eigenvalue weighted by Gasteiger charge is 2.22. The van der Waals surface area contributed by atoms with Gasteiger partial charge in [-0.3, -0.25) is 9.98 Å². The molecule has 114 valence electrons. The highest BCUT2D eigenvalue weighted by atomic mass is 15.1. The summed E-state index contributed by atoms with van der Waals surface area (Å²) in [5.74, 6) is 0. The Labute approximate surface area is 132 Å². The standard InChI is InChI=1S/C18H22N4/c1-13-18-17(19-10-11-20-18)12-16(21-13)14-6-4-8-15(22(2)3)9-5-7-14/h4,7-12,17,21H,5-6H2,1-3H3/b8-4-,14-7+,15-9+. The minimum Gasteiger partial charge on any atom is -0.378 e. The van der Waals surface area contributed by atoms with Crippen LogP contribution in [0.4, 0.5) is 0 Å². The van der Waals surface area contributed by atoms with Gasteiger partial charge in [-0.05, 0) is 37.5 Å². The predicted molar refractivity (Wildman–Crippen MR) is 92.9 cm³/mol. The molecule has 1 aliphatic carbocycles. The van der Waals surface area contributed by atoms with Crippen molar-refractivity contribution in [2.45, 2.75) is 25.8 Å². The summed E-state index contributed by atoms with van der Waals surface area (Å²) in [6.45, 7) is 2.07. The summed E-state index contributed by atoms with van der Waals surface area (Å²) in [5, 5.41) is 3.49. The molecule has 0 aromatic carbocycles. The van der Waals surface area contributed by atoms with Crippen molar-refractivity contribution in [1.29, 1.82) is 0 Å². The monoisotopic (exact) mass is 294 g/mol. The number of dihydropyridines is 1. The molecule has 0 spiro atoms. The molecule has 1 N–H and O–H groups in total. The molecule has 0 aromatic heterocycles. The Balaban J connectivity index is 1.83. The summed E-state index contributed by atoms with van der Waals surface area (Å²) in [6, 6.07) is 0.0458. The summed E-state index contributed by atoms with van der Waals surface area (Å²) >= 11 is 0. The Bertz CT molecular complexity index is 669. The molecule has 3 aliphatic rings. The van der Waals surface area contributed by atoms with Gasteiger partial charge < -0.3 is 10.2 Å². The SMILES string of the molecule is CC1=C2N=CC=NC2C=C(/C2=C/C/C=C(N(C)C)\C=C/C2)N1. The molecule has 0 saturated heterocycles. The molecule has 2 heterocycles. The largest absolute Gasteiger partial charge is 0.378 e. The van der Waals surface area contributed by atoms with Crippen molar-refractivity contribution < 1.29 is 0 Å². The Morgan fingerprint density at radius 2 is 2.09 bits per heavy atom. The summed E-state index contributed by atoms with van der Waals surface area (Å²) in [4.78, 5) is 11.1. The first kappa shape index (κ1) is 14.6. The second kappa shape index (κ2) is 6.18. The number of rotatable bonds is 2. The molecule has 0 fully saturated rings. The van der Waals surface area contributed by atoms with Crippen LogP contribution in [-0.2, 0) is 0 Å². The zero-order chi connectivity index (χ0) is 15.5. The average Bonchev–Trinajstić information content (AvgIpc) is 2.46. The fourth-order valence-corrected chi connectivity index (χ4v) is 2.82. The average molecular weight is 294 g/mol. The van der Waals surface area contributed by atoms with Crippen LogP contribution >= 0.6 is 0 Å². The van der Waals surface area contributed by atoms with Crippen LogP contribution in [0.5, 0.6) is 0 Å². The second-order valence-corrected chi connectivity index (χ2v) is 5.83. The van der Waals surface area contributed by atoms with Gasteiger partial charge in [0.1, 0.15) is 6.04 Å². The first-order chi connectivity index (χ1) is 10.6. The van der Waals surface area contributed by atoms with E-state index in [4.69, 9.17) is 0 Å². The second-order valence-electron chi connectivity index (χ2n) is 5.83. The number of aliphatic imine (C=N–C) groups is 2. The van der Waals surface area contributed by atoms with Gasteiger partial charge in [-0.1, -0.05) is 18.2 Å². The van der Waals surface area contributed by atoms with Crippen molar-refractivity contribution in [3.05, 3.63) is 58.7 Å².